The highest BCUT2D eigenvalue weighted by molar-refractivity contribution is 5.47. The number of aromatic nitrogens is 4. The van der Waals surface area contributed by atoms with Gasteiger partial charge in [0.15, 0.2) is 0 Å². The van der Waals surface area contributed by atoms with Crippen LogP contribution in [0, 0.1) is 6.92 Å². The summed E-state index contributed by atoms with van der Waals surface area (Å²) in [6, 6.07) is 0. The second-order valence-corrected chi connectivity index (χ2v) is 4.11. The molecule has 6 nitrogen and oxygen atoms in total. The molecule has 2 N–H and O–H groups in total. The molecule has 0 atom stereocenters. The summed E-state index contributed by atoms with van der Waals surface area (Å²) < 4.78 is 1.78. The average Bonchev–Trinajstić information content (AvgIpc) is 2.67. The Morgan fingerprint density at radius 1 is 1.41 bits per heavy atom. The molecule has 2 rings (SSSR count). The predicted octanol–water partition coefficient (Wildman–Crippen LogP) is 0.737. The Bertz CT molecular complexity index is 518. The van der Waals surface area contributed by atoms with Gasteiger partial charge in [-0.2, -0.15) is 10.1 Å². The molecule has 2 heterocycles. The molecule has 0 aliphatic heterocycles. The Labute approximate surface area is 100 Å². The van der Waals surface area contributed by atoms with Crippen LogP contribution >= 0.6 is 0 Å². The maximum atomic E-state index is 5.60. The number of rotatable bonds is 3. The summed E-state index contributed by atoms with van der Waals surface area (Å²) in [5, 5.41) is 4.14. The molecular formula is C11H16N6. The first-order valence-corrected chi connectivity index (χ1v) is 5.34. The quantitative estimate of drug-likeness (QED) is 0.844. The number of hydrogen-bond acceptors (Lipinski definition) is 5. The van der Waals surface area contributed by atoms with Gasteiger partial charge in [0.05, 0.1) is 6.20 Å². The standard InChI is InChI=1S/C11H16N6/c1-8-4-13-11(12)15-10(8)16(2)6-9-5-14-17(3)7-9/h4-5,7H,6H2,1-3H3,(H2,12,13,15). The van der Waals surface area contributed by atoms with Crippen LogP contribution in [0.4, 0.5) is 11.8 Å². The SMILES string of the molecule is Cc1cnc(N)nc1N(C)Cc1cnn(C)c1. The fraction of sp³-hybridized carbons (Fsp3) is 0.364. The minimum absolute atomic E-state index is 0.295. The van der Waals surface area contributed by atoms with Gasteiger partial charge < -0.3 is 10.6 Å². The lowest BCUT2D eigenvalue weighted by Crippen LogP contribution is -2.19. The van der Waals surface area contributed by atoms with E-state index in [1.807, 2.05) is 38.3 Å². The molecule has 0 bridgehead atoms. The van der Waals surface area contributed by atoms with Crippen molar-refractivity contribution in [2.24, 2.45) is 7.05 Å². The van der Waals surface area contributed by atoms with E-state index >= 15 is 0 Å². The van der Waals surface area contributed by atoms with Crippen molar-refractivity contribution in [2.45, 2.75) is 13.5 Å². The maximum absolute atomic E-state index is 5.60. The number of nitrogens with two attached hydrogens (primary N) is 1. The maximum Gasteiger partial charge on any atom is 0.221 e. The first kappa shape index (κ1) is 11.4. The minimum atomic E-state index is 0.295. The normalized spacial score (nSPS) is 10.5. The third kappa shape index (κ3) is 2.52. The van der Waals surface area contributed by atoms with Crippen molar-refractivity contribution in [3.8, 4) is 0 Å². The lowest BCUT2D eigenvalue weighted by Gasteiger charge is -2.19. The van der Waals surface area contributed by atoms with E-state index in [0.717, 1.165) is 23.5 Å². The minimum Gasteiger partial charge on any atom is -0.368 e. The fourth-order valence-electron chi connectivity index (χ4n) is 1.73. The third-order valence-corrected chi connectivity index (χ3v) is 2.50. The molecule has 0 saturated carbocycles. The molecule has 0 fully saturated rings. The Morgan fingerprint density at radius 3 is 2.82 bits per heavy atom. The summed E-state index contributed by atoms with van der Waals surface area (Å²) in [6.45, 7) is 2.71. The van der Waals surface area contributed by atoms with E-state index in [0.29, 0.717) is 5.95 Å². The van der Waals surface area contributed by atoms with Gasteiger partial charge in [0.25, 0.3) is 0 Å². The van der Waals surface area contributed by atoms with E-state index in [-0.39, 0.29) is 0 Å². The van der Waals surface area contributed by atoms with Gasteiger partial charge in [-0.15, -0.1) is 0 Å². The van der Waals surface area contributed by atoms with Crippen molar-refractivity contribution in [1.29, 1.82) is 0 Å². The zero-order chi connectivity index (χ0) is 12.4. The van der Waals surface area contributed by atoms with Crippen molar-refractivity contribution >= 4 is 11.8 Å². The molecule has 0 radical (unpaired) electrons. The second kappa shape index (κ2) is 4.40. The van der Waals surface area contributed by atoms with Crippen LogP contribution in [0.2, 0.25) is 0 Å². The number of anilines is 2. The Morgan fingerprint density at radius 2 is 2.18 bits per heavy atom. The van der Waals surface area contributed by atoms with E-state index in [9.17, 15) is 0 Å². The van der Waals surface area contributed by atoms with Crippen LogP contribution in [0.1, 0.15) is 11.1 Å². The zero-order valence-corrected chi connectivity index (χ0v) is 10.3. The van der Waals surface area contributed by atoms with E-state index in [4.69, 9.17) is 5.73 Å². The van der Waals surface area contributed by atoms with Gasteiger partial charge in [-0.05, 0) is 6.92 Å². The monoisotopic (exact) mass is 232 g/mol. The zero-order valence-electron chi connectivity index (χ0n) is 10.3. The third-order valence-electron chi connectivity index (χ3n) is 2.50. The molecular weight excluding hydrogens is 216 g/mol. The molecule has 0 spiro atoms. The van der Waals surface area contributed by atoms with E-state index in [2.05, 4.69) is 15.1 Å². The van der Waals surface area contributed by atoms with Crippen LogP contribution in [0.25, 0.3) is 0 Å². The van der Waals surface area contributed by atoms with Gasteiger partial charge in [0, 0.05) is 44.2 Å². The largest absolute Gasteiger partial charge is 0.368 e. The molecule has 0 aliphatic rings. The summed E-state index contributed by atoms with van der Waals surface area (Å²) in [5.41, 5.74) is 7.73. The van der Waals surface area contributed by atoms with Crippen molar-refractivity contribution in [3.05, 3.63) is 29.7 Å². The summed E-state index contributed by atoms with van der Waals surface area (Å²) >= 11 is 0. The van der Waals surface area contributed by atoms with Crippen LogP contribution < -0.4 is 10.6 Å². The number of aryl methyl sites for hydroxylation is 2. The van der Waals surface area contributed by atoms with Gasteiger partial charge >= 0.3 is 0 Å². The first-order chi connectivity index (χ1) is 8.06. The van der Waals surface area contributed by atoms with Crippen LogP contribution in [0.3, 0.4) is 0 Å². The lowest BCUT2D eigenvalue weighted by atomic mass is 10.3. The van der Waals surface area contributed by atoms with Gasteiger partial charge in [-0.3, -0.25) is 4.68 Å². The topological polar surface area (TPSA) is 72.9 Å². The highest BCUT2D eigenvalue weighted by atomic mass is 15.2. The van der Waals surface area contributed by atoms with Gasteiger partial charge in [0.2, 0.25) is 5.95 Å². The summed E-state index contributed by atoms with van der Waals surface area (Å²) in [7, 11) is 3.87. The van der Waals surface area contributed by atoms with Crippen LogP contribution in [0.5, 0.6) is 0 Å². The van der Waals surface area contributed by atoms with E-state index < -0.39 is 0 Å². The predicted molar refractivity (Wildman–Crippen MR) is 66.5 cm³/mol. The molecule has 0 unspecified atom stereocenters. The van der Waals surface area contributed by atoms with E-state index in [1.54, 1.807) is 10.9 Å². The first-order valence-electron chi connectivity index (χ1n) is 5.34. The smallest absolute Gasteiger partial charge is 0.221 e. The average molecular weight is 232 g/mol. The Kier molecular flexibility index (Phi) is 2.95. The Hall–Kier alpha value is -2.11. The molecule has 0 saturated heterocycles. The Balaban J connectivity index is 2.19. The molecule has 2 aromatic rings. The van der Waals surface area contributed by atoms with Crippen LogP contribution in [-0.4, -0.2) is 26.8 Å². The van der Waals surface area contributed by atoms with Crippen molar-refractivity contribution < 1.29 is 0 Å². The second-order valence-electron chi connectivity index (χ2n) is 4.11. The summed E-state index contributed by atoms with van der Waals surface area (Å²) in [6.07, 6.45) is 5.56. The van der Waals surface area contributed by atoms with Crippen molar-refractivity contribution in [2.75, 3.05) is 17.7 Å². The highest BCUT2D eigenvalue weighted by Crippen LogP contribution is 2.17. The fourth-order valence-corrected chi connectivity index (χ4v) is 1.73. The molecule has 0 aliphatic carbocycles. The van der Waals surface area contributed by atoms with Crippen molar-refractivity contribution in [3.63, 3.8) is 0 Å². The van der Waals surface area contributed by atoms with Gasteiger partial charge in [0.1, 0.15) is 5.82 Å². The summed E-state index contributed by atoms with van der Waals surface area (Å²) in [5.74, 6) is 1.14. The lowest BCUT2D eigenvalue weighted by molar-refractivity contribution is 0.766. The molecule has 90 valence electrons. The molecule has 17 heavy (non-hydrogen) atoms. The summed E-state index contributed by atoms with van der Waals surface area (Å²) in [4.78, 5) is 10.2. The van der Waals surface area contributed by atoms with Crippen LogP contribution in [-0.2, 0) is 13.6 Å². The van der Waals surface area contributed by atoms with Crippen molar-refractivity contribution in [1.82, 2.24) is 19.7 Å². The van der Waals surface area contributed by atoms with Gasteiger partial charge in [-0.25, -0.2) is 4.98 Å². The number of hydrogen-bond donors (Lipinski definition) is 1. The molecule has 6 heteroatoms. The highest BCUT2D eigenvalue weighted by Gasteiger charge is 2.09. The molecule has 2 aromatic heterocycles. The van der Waals surface area contributed by atoms with Crippen LogP contribution in [0.15, 0.2) is 18.6 Å². The van der Waals surface area contributed by atoms with E-state index in [1.165, 1.54) is 0 Å². The number of nitrogen functional groups attached to an aromatic ring is 1. The number of nitrogens with zero attached hydrogens (tertiary/aromatic N) is 5. The molecule has 0 aromatic carbocycles. The van der Waals surface area contributed by atoms with Gasteiger partial charge in [-0.1, -0.05) is 0 Å². The molecule has 0 amide bonds.